The van der Waals surface area contributed by atoms with Gasteiger partial charge in [-0.25, -0.2) is 0 Å². The van der Waals surface area contributed by atoms with Gasteiger partial charge in [-0.15, -0.1) is 0 Å². The van der Waals surface area contributed by atoms with Crippen LogP contribution in [0, 0.1) is 0 Å². The van der Waals surface area contributed by atoms with Gasteiger partial charge in [-0.2, -0.15) is 8.42 Å². The van der Waals surface area contributed by atoms with Crippen molar-refractivity contribution in [3.63, 3.8) is 0 Å². The smallest absolute Gasteiger partial charge is 0.324 e. The summed E-state index contributed by atoms with van der Waals surface area (Å²) in [5.74, 6) is -1.41. The van der Waals surface area contributed by atoms with Gasteiger partial charge in [0, 0.05) is 0 Å². The van der Waals surface area contributed by atoms with E-state index in [2.05, 4.69) is 10.1 Å². The summed E-state index contributed by atoms with van der Waals surface area (Å²) in [6.07, 6.45) is 0. The fourth-order valence-electron chi connectivity index (χ4n) is 0.622. The predicted molar refractivity (Wildman–Crippen MR) is 41.3 cm³/mol. The third-order valence-corrected chi connectivity index (χ3v) is 1.97. The van der Waals surface area contributed by atoms with Crippen LogP contribution in [0.5, 0.6) is 0 Å². The lowest BCUT2D eigenvalue weighted by Crippen LogP contribution is -2.40. The van der Waals surface area contributed by atoms with E-state index < -0.39 is 27.9 Å². The van der Waals surface area contributed by atoms with Gasteiger partial charge in [0.2, 0.25) is 0 Å². The lowest BCUT2D eigenvalue weighted by atomic mass is 10.3. The molecular weight excluding hydrogens is 186 g/mol. The number of carbonyl (C=O) groups excluding carboxylic acids is 1. The maximum absolute atomic E-state index is 10.8. The summed E-state index contributed by atoms with van der Waals surface area (Å²) in [4.78, 5) is 10.8. The Morgan fingerprint density at radius 1 is 1.67 bits per heavy atom. The highest BCUT2D eigenvalue weighted by Crippen LogP contribution is 1.92. The Morgan fingerprint density at radius 3 is 2.42 bits per heavy atom. The maximum Gasteiger partial charge on any atom is 0.324 e. The van der Waals surface area contributed by atoms with Crippen molar-refractivity contribution < 1.29 is 22.5 Å². The summed E-state index contributed by atoms with van der Waals surface area (Å²) in [5, 5.41) is 2.40. The summed E-state index contributed by atoms with van der Waals surface area (Å²) in [6.45, 7) is 0. The van der Waals surface area contributed by atoms with Gasteiger partial charge in [-0.1, -0.05) is 0 Å². The van der Waals surface area contributed by atoms with Crippen molar-refractivity contribution in [3.05, 3.63) is 0 Å². The molecule has 0 saturated heterocycles. The molecular formula is C5H11NO5S. The van der Waals surface area contributed by atoms with E-state index in [0.717, 1.165) is 7.11 Å². The van der Waals surface area contributed by atoms with Crippen molar-refractivity contribution in [2.24, 2.45) is 0 Å². The Balaban J connectivity index is 4.29. The minimum absolute atomic E-state index is 0.684. The zero-order valence-corrected chi connectivity index (χ0v) is 7.59. The second kappa shape index (κ2) is 4.39. The van der Waals surface area contributed by atoms with Crippen LogP contribution in [0.4, 0.5) is 0 Å². The van der Waals surface area contributed by atoms with Crippen molar-refractivity contribution in [2.45, 2.75) is 6.04 Å². The number of esters is 1. The molecule has 0 aliphatic carbocycles. The van der Waals surface area contributed by atoms with Crippen LogP contribution in [0.3, 0.4) is 0 Å². The zero-order chi connectivity index (χ0) is 9.78. The number of methoxy groups -OCH3 is 1. The van der Waals surface area contributed by atoms with Gasteiger partial charge in [0.25, 0.3) is 10.1 Å². The Morgan fingerprint density at radius 2 is 2.17 bits per heavy atom. The van der Waals surface area contributed by atoms with Crippen LogP contribution in [0.15, 0.2) is 0 Å². The van der Waals surface area contributed by atoms with Crippen LogP contribution in [0.25, 0.3) is 0 Å². The topological polar surface area (TPSA) is 92.7 Å². The summed E-state index contributed by atoms with van der Waals surface area (Å²) in [5.41, 5.74) is 0. The van der Waals surface area contributed by atoms with Crippen LogP contribution < -0.4 is 5.32 Å². The van der Waals surface area contributed by atoms with E-state index in [4.69, 9.17) is 4.55 Å². The molecule has 12 heavy (non-hydrogen) atoms. The van der Waals surface area contributed by atoms with Gasteiger partial charge in [-0.3, -0.25) is 9.35 Å². The molecule has 6 nitrogen and oxygen atoms in total. The van der Waals surface area contributed by atoms with Crippen molar-refractivity contribution in [3.8, 4) is 0 Å². The fourth-order valence-corrected chi connectivity index (χ4v) is 1.35. The first-order valence-corrected chi connectivity index (χ1v) is 4.72. The molecule has 7 heteroatoms. The van der Waals surface area contributed by atoms with E-state index in [0.29, 0.717) is 0 Å². The summed E-state index contributed by atoms with van der Waals surface area (Å²) >= 11 is 0. The molecule has 0 saturated carbocycles. The van der Waals surface area contributed by atoms with Gasteiger partial charge in [0.1, 0.15) is 11.8 Å². The van der Waals surface area contributed by atoms with Crippen molar-refractivity contribution >= 4 is 16.1 Å². The molecule has 1 atom stereocenters. The summed E-state index contributed by atoms with van der Waals surface area (Å²) in [6, 6.07) is -1.02. The average molecular weight is 197 g/mol. The van der Waals surface area contributed by atoms with Gasteiger partial charge in [-0.05, 0) is 7.05 Å². The minimum Gasteiger partial charge on any atom is -0.468 e. The lowest BCUT2D eigenvalue weighted by Gasteiger charge is -2.10. The Labute approximate surface area is 70.7 Å². The third kappa shape index (κ3) is 4.27. The standard InChI is InChI=1S/C5H11NO5S/c1-6-4(5(7)11-2)3-12(8,9)10/h4,6H,3H2,1-2H3,(H,8,9,10)/t4-/m0/s1. The molecule has 0 amide bonds. The SMILES string of the molecule is CN[C@@H](CS(=O)(=O)O)C(=O)OC. The van der Waals surface area contributed by atoms with Crippen LogP contribution in [-0.2, 0) is 19.6 Å². The molecule has 0 heterocycles. The highest BCUT2D eigenvalue weighted by atomic mass is 32.2. The molecule has 0 spiro atoms. The normalized spacial score (nSPS) is 13.9. The van der Waals surface area contributed by atoms with Crippen LogP contribution in [0.2, 0.25) is 0 Å². The molecule has 0 radical (unpaired) electrons. The molecule has 0 aliphatic heterocycles. The molecule has 0 unspecified atom stereocenters. The Bertz CT molecular complexity index is 247. The van der Waals surface area contributed by atoms with Gasteiger partial charge in [0.15, 0.2) is 0 Å². The van der Waals surface area contributed by atoms with Crippen LogP contribution in [-0.4, -0.2) is 44.9 Å². The highest BCUT2D eigenvalue weighted by molar-refractivity contribution is 7.85. The Kier molecular flexibility index (Phi) is 4.15. The number of ether oxygens (including phenoxy) is 1. The fraction of sp³-hybridized carbons (Fsp3) is 0.800. The van der Waals surface area contributed by atoms with Gasteiger partial charge < -0.3 is 10.1 Å². The molecule has 0 rings (SSSR count). The average Bonchev–Trinajstić information content (AvgIpc) is 1.97. The van der Waals surface area contributed by atoms with E-state index in [1.54, 1.807) is 0 Å². The first kappa shape index (κ1) is 11.3. The molecule has 0 aromatic carbocycles. The first-order valence-electron chi connectivity index (χ1n) is 3.11. The minimum atomic E-state index is -4.15. The molecule has 0 fully saturated rings. The molecule has 0 bridgehead atoms. The first-order chi connectivity index (χ1) is 5.40. The highest BCUT2D eigenvalue weighted by Gasteiger charge is 2.22. The number of likely N-dealkylation sites (N-methyl/N-ethyl adjacent to an activating group) is 1. The Hall–Kier alpha value is -0.660. The molecule has 0 aromatic rings. The lowest BCUT2D eigenvalue weighted by molar-refractivity contribution is -0.142. The van der Waals surface area contributed by atoms with Crippen molar-refractivity contribution in [1.29, 1.82) is 0 Å². The maximum atomic E-state index is 10.8. The van der Waals surface area contributed by atoms with E-state index in [1.807, 2.05) is 0 Å². The molecule has 0 aromatic heterocycles. The zero-order valence-electron chi connectivity index (χ0n) is 6.77. The quantitative estimate of drug-likeness (QED) is 0.427. The van der Waals surface area contributed by atoms with E-state index in [1.165, 1.54) is 7.05 Å². The van der Waals surface area contributed by atoms with Gasteiger partial charge in [0.05, 0.1) is 7.11 Å². The second-order valence-electron chi connectivity index (χ2n) is 2.11. The van der Waals surface area contributed by atoms with E-state index in [9.17, 15) is 13.2 Å². The number of nitrogens with one attached hydrogen (secondary N) is 1. The summed E-state index contributed by atoms with van der Waals surface area (Å²) < 4.78 is 33.3. The van der Waals surface area contributed by atoms with Crippen molar-refractivity contribution in [2.75, 3.05) is 19.9 Å². The number of hydrogen-bond donors (Lipinski definition) is 2. The third-order valence-electron chi connectivity index (χ3n) is 1.21. The van der Waals surface area contributed by atoms with Gasteiger partial charge >= 0.3 is 5.97 Å². The number of carbonyl (C=O) groups is 1. The molecule has 0 aliphatic rings. The largest absolute Gasteiger partial charge is 0.468 e. The predicted octanol–water partition coefficient (Wildman–Crippen LogP) is -1.36. The number of hydrogen-bond acceptors (Lipinski definition) is 5. The molecule has 72 valence electrons. The van der Waals surface area contributed by atoms with Crippen LogP contribution in [0.1, 0.15) is 0 Å². The summed E-state index contributed by atoms with van der Waals surface area (Å²) in [7, 11) is -1.62. The van der Waals surface area contributed by atoms with E-state index >= 15 is 0 Å². The second-order valence-corrected chi connectivity index (χ2v) is 3.61. The monoisotopic (exact) mass is 197 g/mol. The van der Waals surface area contributed by atoms with E-state index in [-0.39, 0.29) is 0 Å². The van der Waals surface area contributed by atoms with Crippen molar-refractivity contribution in [1.82, 2.24) is 5.32 Å². The number of rotatable bonds is 4. The molecule has 2 N–H and O–H groups in total. The van der Waals surface area contributed by atoms with Crippen LogP contribution >= 0.6 is 0 Å².